The van der Waals surface area contributed by atoms with Crippen LogP contribution < -0.4 is 5.32 Å². The van der Waals surface area contributed by atoms with E-state index in [0.29, 0.717) is 0 Å². The summed E-state index contributed by atoms with van der Waals surface area (Å²) in [7, 11) is 1.96. The molecule has 0 bridgehead atoms. The second-order valence-electron chi connectivity index (χ2n) is 2.69. The van der Waals surface area contributed by atoms with E-state index < -0.39 is 0 Å². The van der Waals surface area contributed by atoms with Crippen LogP contribution in [0.1, 0.15) is 18.1 Å². The number of hydrogen-bond donors (Lipinski definition) is 1. The highest BCUT2D eigenvalue weighted by molar-refractivity contribution is 5.85. The summed E-state index contributed by atoms with van der Waals surface area (Å²) in [6.45, 7) is 4.34. The maximum Gasteiger partial charge on any atom is 0.0370 e. The third-order valence-corrected chi connectivity index (χ3v) is 2.10. The molecule has 0 aliphatic heterocycles. The molecule has 1 nitrogen and oxygen atoms in total. The summed E-state index contributed by atoms with van der Waals surface area (Å²) < 4.78 is 0. The Morgan fingerprint density at radius 1 is 1.33 bits per heavy atom. The van der Waals surface area contributed by atoms with Gasteiger partial charge < -0.3 is 5.32 Å². The third kappa shape index (κ3) is 2.15. The molecule has 0 atom stereocenters. The zero-order valence-corrected chi connectivity index (χ0v) is 8.66. The van der Waals surface area contributed by atoms with E-state index >= 15 is 0 Å². The van der Waals surface area contributed by atoms with Gasteiger partial charge in [-0.25, -0.2) is 0 Å². The van der Waals surface area contributed by atoms with Crippen LogP contribution >= 0.6 is 12.4 Å². The largest absolute Gasteiger partial charge is 0.388 e. The number of rotatable bonds is 2. The molecule has 1 rings (SSSR count). The van der Waals surface area contributed by atoms with E-state index in [0.717, 1.165) is 6.42 Å². The Hall–Kier alpha value is -0.690. The van der Waals surface area contributed by atoms with Crippen LogP contribution in [-0.4, -0.2) is 7.05 Å². The number of aryl methyl sites for hydroxylation is 1. The quantitative estimate of drug-likeness (QED) is 0.747. The predicted octanol–water partition coefficient (Wildman–Crippen LogP) is 3.02. The van der Waals surface area contributed by atoms with Crippen molar-refractivity contribution in [2.75, 3.05) is 12.4 Å². The van der Waals surface area contributed by atoms with Crippen LogP contribution in [0.4, 0.5) is 5.69 Å². The molecule has 12 heavy (non-hydrogen) atoms. The Labute approximate surface area is 80.6 Å². The van der Waals surface area contributed by atoms with Gasteiger partial charge in [-0.1, -0.05) is 19.1 Å². The van der Waals surface area contributed by atoms with Crippen molar-refractivity contribution in [1.29, 1.82) is 0 Å². The summed E-state index contributed by atoms with van der Waals surface area (Å²) in [5, 5.41) is 3.17. The van der Waals surface area contributed by atoms with Gasteiger partial charge in [-0.2, -0.15) is 0 Å². The highest BCUT2D eigenvalue weighted by atomic mass is 35.5. The summed E-state index contributed by atoms with van der Waals surface area (Å²) in [5.74, 6) is 0. The first-order valence-corrected chi connectivity index (χ1v) is 4.05. The average molecular weight is 186 g/mol. The van der Waals surface area contributed by atoms with Crippen molar-refractivity contribution in [1.82, 2.24) is 0 Å². The number of hydrogen-bond acceptors (Lipinski definition) is 1. The van der Waals surface area contributed by atoms with Gasteiger partial charge in [0.15, 0.2) is 0 Å². The maximum atomic E-state index is 3.17. The fraction of sp³-hybridized carbons (Fsp3) is 0.400. The third-order valence-electron chi connectivity index (χ3n) is 2.10. The second kappa shape index (κ2) is 5.04. The van der Waals surface area contributed by atoms with Crippen LogP contribution in [0.15, 0.2) is 18.2 Å². The predicted molar refractivity (Wildman–Crippen MR) is 57.4 cm³/mol. The molecule has 0 saturated carbocycles. The van der Waals surface area contributed by atoms with Gasteiger partial charge in [0.25, 0.3) is 0 Å². The summed E-state index contributed by atoms with van der Waals surface area (Å²) >= 11 is 0. The molecule has 1 aromatic rings. The summed E-state index contributed by atoms with van der Waals surface area (Å²) in [6, 6.07) is 6.38. The Morgan fingerprint density at radius 2 is 2.00 bits per heavy atom. The number of anilines is 1. The number of benzene rings is 1. The van der Waals surface area contributed by atoms with Crippen LogP contribution in [0.5, 0.6) is 0 Å². The SMILES string of the molecule is CCc1cccc(NC)c1C.Cl. The van der Waals surface area contributed by atoms with Gasteiger partial charge in [-0.05, 0) is 30.5 Å². The molecule has 0 aliphatic rings. The lowest BCUT2D eigenvalue weighted by Gasteiger charge is -2.08. The normalized spacial score (nSPS) is 8.92. The molecule has 0 unspecified atom stereocenters. The lowest BCUT2D eigenvalue weighted by atomic mass is 10.1. The highest BCUT2D eigenvalue weighted by Crippen LogP contribution is 2.18. The molecule has 0 heterocycles. The van der Waals surface area contributed by atoms with Crippen LogP contribution in [-0.2, 0) is 6.42 Å². The minimum atomic E-state index is 0. The van der Waals surface area contributed by atoms with Crippen molar-refractivity contribution < 1.29 is 0 Å². The van der Waals surface area contributed by atoms with E-state index in [9.17, 15) is 0 Å². The Balaban J connectivity index is 0.00000121. The molecule has 1 aromatic carbocycles. The van der Waals surface area contributed by atoms with Crippen molar-refractivity contribution in [2.24, 2.45) is 0 Å². The molecule has 0 fully saturated rings. The molecule has 68 valence electrons. The van der Waals surface area contributed by atoms with E-state index in [4.69, 9.17) is 0 Å². The minimum Gasteiger partial charge on any atom is -0.388 e. The van der Waals surface area contributed by atoms with Crippen molar-refractivity contribution in [3.05, 3.63) is 29.3 Å². The fourth-order valence-electron chi connectivity index (χ4n) is 1.34. The van der Waals surface area contributed by atoms with Gasteiger partial charge in [-0.15, -0.1) is 12.4 Å². The van der Waals surface area contributed by atoms with Crippen LogP contribution in [0, 0.1) is 6.92 Å². The molecule has 0 saturated heterocycles. The van der Waals surface area contributed by atoms with E-state index in [2.05, 4.69) is 37.4 Å². The van der Waals surface area contributed by atoms with E-state index in [1.807, 2.05) is 7.05 Å². The van der Waals surface area contributed by atoms with Gasteiger partial charge in [0, 0.05) is 12.7 Å². The van der Waals surface area contributed by atoms with Crippen molar-refractivity contribution in [3.63, 3.8) is 0 Å². The first-order chi connectivity index (χ1) is 5.29. The monoisotopic (exact) mass is 185 g/mol. The molecule has 0 aromatic heterocycles. The number of nitrogens with one attached hydrogen (secondary N) is 1. The van der Waals surface area contributed by atoms with Crippen molar-refractivity contribution in [3.8, 4) is 0 Å². The first kappa shape index (κ1) is 11.3. The Bertz CT molecular complexity index is 223. The van der Waals surface area contributed by atoms with Gasteiger partial charge >= 0.3 is 0 Å². The molecular formula is C10H16ClN. The van der Waals surface area contributed by atoms with Crippen molar-refractivity contribution >= 4 is 18.1 Å². The number of halogens is 1. The maximum absolute atomic E-state index is 3.17. The Kier molecular flexibility index (Phi) is 4.75. The second-order valence-corrected chi connectivity index (χ2v) is 2.69. The van der Waals surface area contributed by atoms with Crippen LogP contribution in [0.25, 0.3) is 0 Å². The Morgan fingerprint density at radius 3 is 2.50 bits per heavy atom. The van der Waals surface area contributed by atoms with Gasteiger partial charge in [0.05, 0.1) is 0 Å². The smallest absolute Gasteiger partial charge is 0.0370 e. The molecule has 2 heteroatoms. The molecule has 0 spiro atoms. The molecule has 0 aliphatic carbocycles. The lowest BCUT2D eigenvalue weighted by Crippen LogP contribution is -1.94. The first-order valence-electron chi connectivity index (χ1n) is 4.05. The van der Waals surface area contributed by atoms with E-state index in [-0.39, 0.29) is 12.4 Å². The highest BCUT2D eigenvalue weighted by Gasteiger charge is 1.98. The molecular weight excluding hydrogens is 170 g/mol. The molecule has 1 N–H and O–H groups in total. The van der Waals surface area contributed by atoms with Gasteiger partial charge in [0.1, 0.15) is 0 Å². The zero-order valence-electron chi connectivity index (χ0n) is 7.85. The van der Waals surface area contributed by atoms with Crippen LogP contribution in [0.2, 0.25) is 0 Å². The minimum absolute atomic E-state index is 0. The lowest BCUT2D eigenvalue weighted by molar-refractivity contribution is 1.11. The topological polar surface area (TPSA) is 12.0 Å². The summed E-state index contributed by atoms with van der Waals surface area (Å²) in [4.78, 5) is 0. The van der Waals surface area contributed by atoms with E-state index in [1.54, 1.807) is 0 Å². The fourth-order valence-corrected chi connectivity index (χ4v) is 1.34. The molecule has 0 radical (unpaired) electrons. The van der Waals surface area contributed by atoms with Crippen molar-refractivity contribution in [2.45, 2.75) is 20.3 Å². The average Bonchev–Trinajstić information content (AvgIpc) is 2.05. The standard InChI is InChI=1S/C10H15N.ClH/c1-4-9-6-5-7-10(11-3)8(9)2;/h5-7,11H,4H2,1-3H3;1H. The van der Waals surface area contributed by atoms with Gasteiger partial charge in [-0.3, -0.25) is 0 Å². The molecule has 0 amide bonds. The summed E-state index contributed by atoms with van der Waals surface area (Å²) in [5.41, 5.74) is 4.04. The zero-order chi connectivity index (χ0) is 8.27. The summed E-state index contributed by atoms with van der Waals surface area (Å²) in [6.07, 6.45) is 1.11. The van der Waals surface area contributed by atoms with Gasteiger partial charge in [0.2, 0.25) is 0 Å². The van der Waals surface area contributed by atoms with Crippen LogP contribution in [0.3, 0.4) is 0 Å². The van der Waals surface area contributed by atoms with E-state index in [1.165, 1.54) is 16.8 Å².